The van der Waals surface area contributed by atoms with Crippen molar-refractivity contribution in [3.63, 3.8) is 0 Å². The first-order valence-corrected chi connectivity index (χ1v) is 7.26. The number of amides is 2. The van der Waals surface area contributed by atoms with E-state index in [9.17, 15) is 9.59 Å². The van der Waals surface area contributed by atoms with Gasteiger partial charge in [0.2, 0.25) is 17.8 Å². The van der Waals surface area contributed by atoms with Crippen LogP contribution in [0.5, 0.6) is 0 Å². The van der Waals surface area contributed by atoms with Crippen LogP contribution in [0.15, 0.2) is 24.3 Å². The first-order valence-electron chi connectivity index (χ1n) is 6.88. The maximum Gasteiger partial charge on any atom is 0.250 e. The molecule has 1 aliphatic rings. The maximum absolute atomic E-state index is 11.9. The Labute approximate surface area is 131 Å². The highest BCUT2D eigenvalue weighted by molar-refractivity contribution is 6.30. The normalized spacial score (nSPS) is 16.8. The Morgan fingerprint density at radius 2 is 2.18 bits per heavy atom. The van der Waals surface area contributed by atoms with Crippen molar-refractivity contribution < 1.29 is 9.59 Å². The second kappa shape index (κ2) is 5.76. The number of halogens is 1. The van der Waals surface area contributed by atoms with E-state index in [1.165, 1.54) is 0 Å². The molecule has 8 heteroatoms. The lowest BCUT2D eigenvalue weighted by atomic mass is 10.0. The molecule has 2 aromatic rings. The van der Waals surface area contributed by atoms with Gasteiger partial charge < -0.3 is 0 Å². The Morgan fingerprint density at radius 1 is 1.45 bits per heavy atom. The zero-order valence-corrected chi connectivity index (χ0v) is 12.6. The SMILES string of the molecule is CCC(=O)Nc1nc2n(n1)[C@H](c1ccc(Cl)cc1)CC(=O)N2. The summed E-state index contributed by atoms with van der Waals surface area (Å²) in [6.07, 6.45) is 0.579. The van der Waals surface area contributed by atoms with Crippen molar-refractivity contribution in [2.75, 3.05) is 10.6 Å². The number of nitrogens with one attached hydrogen (secondary N) is 2. The van der Waals surface area contributed by atoms with Crippen molar-refractivity contribution in [3.8, 4) is 0 Å². The molecule has 7 nitrogen and oxygen atoms in total. The van der Waals surface area contributed by atoms with E-state index in [1.54, 1.807) is 23.7 Å². The molecule has 0 saturated heterocycles. The van der Waals surface area contributed by atoms with Crippen LogP contribution in [0.25, 0.3) is 0 Å². The van der Waals surface area contributed by atoms with E-state index < -0.39 is 0 Å². The van der Waals surface area contributed by atoms with E-state index in [0.717, 1.165) is 5.56 Å². The topological polar surface area (TPSA) is 88.9 Å². The molecular weight excluding hydrogens is 306 g/mol. The van der Waals surface area contributed by atoms with E-state index in [4.69, 9.17) is 11.6 Å². The van der Waals surface area contributed by atoms with Gasteiger partial charge in [-0.15, -0.1) is 5.10 Å². The lowest BCUT2D eigenvalue weighted by molar-refractivity contribution is -0.117. The fourth-order valence-electron chi connectivity index (χ4n) is 2.27. The number of carbonyl (C=O) groups excluding carboxylic acids is 2. The van der Waals surface area contributed by atoms with Gasteiger partial charge in [0.1, 0.15) is 0 Å². The predicted molar refractivity (Wildman–Crippen MR) is 81.8 cm³/mol. The molecule has 0 bridgehead atoms. The number of hydrogen-bond acceptors (Lipinski definition) is 4. The van der Waals surface area contributed by atoms with Gasteiger partial charge >= 0.3 is 0 Å². The number of carbonyl (C=O) groups is 2. The lowest BCUT2D eigenvalue weighted by Gasteiger charge is -2.23. The third kappa shape index (κ3) is 2.80. The molecule has 1 aromatic carbocycles. The molecule has 0 fully saturated rings. The van der Waals surface area contributed by atoms with Gasteiger partial charge in [-0.2, -0.15) is 4.98 Å². The summed E-state index contributed by atoms with van der Waals surface area (Å²) in [6, 6.07) is 6.95. The standard InChI is InChI=1S/C14H14ClN5O2/c1-2-11(21)16-13-18-14-17-12(22)7-10(20(14)19-13)8-3-5-9(15)6-4-8/h3-6,10H,2,7H2,1H3,(H2,16,17,18,19,21,22)/t10-/m0/s1. The molecule has 0 unspecified atom stereocenters. The van der Waals surface area contributed by atoms with Gasteiger partial charge in [0.25, 0.3) is 5.95 Å². The van der Waals surface area contributed by atoms with Gasteiger partial charge in [0.15, 0.2) is 0 Å². The predicted octanol–water partition coefficient (Wildman–Crippen LogP) is 2.21. The summed E-state index contributed by atoms with van der Waals surface area (Å²) >= 11 is 5.90. The molecule has 114 valence electrons. The van der Waals surface area contributed by atoms with Crippen LogP contribution in [0.1, 0.15) is 31.4 Å². The third-order valence-corrected chi connectivity index (χ3v) is 3.64. The maximum atomic E-state index is 11.9. The molecule has 0 aliphatic carbocycles. The quantitative estimate of drug-likeness (QED) is 0.907. The van der Waals surface area contributed by atoms with Crippen molar-refractivity contribution in [2.45, 2.75) is 25.8 Å². The van der Waals surface area contributed by atoms with Crippen LogP contribution in [0.3, 0.4) is 0 Å². The first-order chi connectivity index (χ1) is 10.6. The number of rotatable bonds is 3. The van der Waals surface area contributed by atoms with Gasteiger partial charge in [-0.3, -0.25) is 20.2 Å². The van der Waals surface area contributed by atoms with Gasteiger partial charge in [0, 0.05) is 11.4 Å². The third-order valence-electron chi connectivity index (χ3n) is 3.38. The number of aromatic nitrogens is 3. The molecule has 22 heavy (non-hydrogen) atoms. The van der Waals surface area contributed by atoms with E-state index in [2.05, 4.69) is 20.7 Å². The molecule has 1 atom stereocenters. The molecule has 2 N–H and O–H groups in total. The van der Waals surface area contributed by atoms with Crippen LogP contribution < -0.4 is 10.6 Å². The molecule has 2 heterocycles. The van der Waals surface area contributed by atoms with Crippen LogP contribution in [0, 0.1) is 0 Å². The van der Waals surface area contributed by atoms with E-state index in [0.29, 0.717) is 17.4 Å². The highest BCUT2D eigenvalue weighted by Crippen LogP contribution is 2.30. The van der Waals surface area contributed by atoms with Gasteiger partial charge in [-0.05, 0) is 17.7 Å². The van der Waals surface area contributed by atoms with Gasteiger partial charge in [0.05, 0.1) is 12.5 Å². The van der Waals surface area contributed by atoms with Crippen LogP contribution in [-0.4, -0.2) is 26.6 Å². The summed E-state index contributed by atoms with van der Waals surface area (Å²) in [4.78, 5) is 27.4. The zero-order valence-electron chi connectivity index (χ0n) is 11.8. The largest absolute Gasteiger partial charge is 0.295 e. The highest BCUT2D eigenvalue weighted by Gasteiger charge is 2.29. The molecule has 0 saturated carbocycles. The molecule has 0 spiro atoms. The van der Waals surface area contributed by atoms with Gasteiger partial charge in [-0.1, -0.05) is 30.7 Å². The van der Waals surface area contributed by atoms with Crippen molar-refractivity contribution in [2.24, 2.45) is 0 Å². The first kappa shape index (κ1) is 14.5. The summed E-state index contributed by atoms with van der Waals surface area (Å²) in [5, 5.41) is 10.1. The van der Waals surface area contributed by atoms with Crippen LogP contribution in [-0.2, 0) is 9.59 Å². The Hall–Kier alpha value is -2.41. The smallest absolute Gasteiger partial charge is 0.250 e. The number of fused-ring (bicyclic) bond motifs is 1. The molecule has 3 rings (SSSR count). The van der Waals surface area contributed by atoms with E-state index >= 15 is 0 Å². The van der Waals surface area contributed by atoms with Crippen molar-refractivity contribution in [1.29, 1.82) is 0 Å². The van der Waals surface area contributed by atoms with Crippen LogP contribution in [0.4, 0.5) is 11.9 Å². The van der Waals surface area contributed by atoms with Crippen molar-refractivity contribution >= 4 is 35.3 Å². The summed E-state index contributed by atoms with van der Waals surface area (Å²) in [7, 11) is 0. The van der Waals surface area contributed by atoms with Crippen LogP contribution in [0.2, 0.25) is 5.02 Å². The highest BCUT2D eigenvalue weighted by atomic mass is 35.5. The lowest BCUT2D eigenvalue weighted by Crippen LogP contribution is -2.29. The summed E-state index contributed by atoms with van der Waals surface area (Å²) < 4.78 is 1.61. The van der Waals surface area contributed by atoms with Crippen molar-refractivity contribution in [3.05, 3.63) is 34.9 Å². The second-order valence-corrected chi connectivity index (χ2v) is 5.36. The number of benzene rings is 1. The Balaban J connectivity index is 1.96. The fraction of sp³-hybridized carbons (Fsp3) is 0.286. The fourth-order valence-corrected chi connectivity index (χ4v) is 2.40. The minimum Gasteiger partial charge on any atom is -0.295 e. The Bertz CT molecular complexity index is 725. The van der Waals surface area contributed by atoms with Crippen molar-refractivity contribution in [1.82, 2.24) is 14.8 Å². The average Bonchev–Trinajstić information content (AvgIpc) is 2.89. The monoisotopic (exact) mass is 319 g/mol. The summed E-state index contributed by atoms with van der Waals surface area (Å²) in [5.41, 5.74) is 0.902. The van der Waals surface area contributed by atoms with E-state index in [1.807, 2.05) is 12.1 Å². The minimum absolute atomic E-state index is 0.145. The summed E-state index contributed by atoms with van der Waals surface area (Å²) in [6.45, 7) is 1.74. The second-order valence-electron chi connectivity index (χ2n) is 4.92. The summed E-state index contributed by atoms with van der Waals surface area (Å²) in [5.74, 6) is 0.177. The Morgan fingerprint density at radius 3 is 2.86 bits per heavy atom. The molecule has 1 aromatic heterocycles. The Kier molecular flexibility index (Phi) is 3.81. The average molecular weight is 320 g/mol. The number of hydrogen-bond donors (Lipinski definition) is 2. The number of nitrogens with zero attached hydrogens (tertiary/aromatic N) is 3. The number of anilines is 2. The van der Waals surface area contributed by atoms with E-state index in [-0.39, 0.29) is 30.2 Å². The van der Waals surface area contributed by atoms with Gasteiger partial charge in [-0.25, -0.2) is 4.68 Å². The minimum atomic E-state index is -0.277. The molecule has 0 radical (unpaired) electrons. The molecule has 1 aliphatic heterocycles. The molecular formula is C14H14ClN5O2. The van der Waals surface area contributed by atoms with Crippen LogP contribution >= 0.6 is 11.6 Å². The zero-order chi connectivity index (χ0) is 15.7. The molecule has 2 amide bonds.